The van der Waals surface area contributed by atoms with Crippen LogP contribution in [0.1, 0.15) is 31.4 Å². The summed E-state index contributed by atoms with van der Waals surface area (Å²) in [5.74, 6) is 2.03. The van der Waals surface area contributed by atoms with Gasteiger partial charge in [-0.2, -0.15) is 0 Å². The molecule has 2 nitrogen and oxygen atoms in total. The van der Waals surface area contributed by atoms with E-state index in [4.69, 9.17) is 0 Å². The molecule has 2 aliphatic rings. The van der Waals surface area contributed by atoms with Crippen molar-refractivity contribution >= 4 is 0 Å². The summed E-state index contributed by atoms with van der Waals surface area (Å²) in [6, 6.07) is 5.05. The molecule has 2 heteroatoms. The van der Waals surface area contributed by atoms with Gasteiger partial charge in [-0.1, -0.05) is 12.8 Å². The zero-order valence-corrected chi connectivity index (χ0v) is 8.50. The van der Waals surface area contributed by atoms with E-state index < -0.39 is 0 Å². The fraction of sp³-hybridized carbons (Fsp3) is 0.667. The van der Waals surface area contributed by atoms with E-state index in [-0.39, 0.29) is 0 Å². The molecule has 0 aromatic carbocycles. The van der Waals surface area contributed by atoms with E-state index in [9.17, 15) is 0 Å². The first-order valence-electron chi connectivity index (χ1n) is 5.81. The molecule has 1 aromatic heterocycles. The van der Waals surface area contributed by atoms with Crippen molar-refractivity contribution < 1.29 is 0 Å². The maximum atomic E-state index is 3.67. The highest BCUT2D eigenvalue weighted by atomic mass is 15.0. The van der Waals surface area contributed by atoms with Crippen LogP contribution in [0.25, 0.3) is 0 Å². The second-order valence-electron chi connectivity index (χ2n) is 4.71. The average Bonchev–Trinajstić information content (AvgIpc) is 2.69. The van der Waals surface area contributed by atoms with Gasteiger partial charge in [-0.25, -0.2) is 0 Å². The van der Waals surface area contributed by atoms with Crippen molar-refractivity contribution in [1.29, 1.82) is 0 Å². The minimum absolute atomic E-state index is 0.834. The zero-order chi connectivity index (χ0) is 9.38. The fourth-order valence-corrected chi connectivity index (χ4v) is 3.00. The molecule has 2 saturated carbocycles. The summed E-state index contributed by atoms with van der Waals surface area (Å²) in [7, 11) is 0. The van der Waals surface area contributed by atoms with Crippen molar-refractivity contribution in [2.24, 2.45) is 11.8 Å². The van der Waals surface area contributed by atoms with E-state index >= 15 is 0 Å². The van der Waals surface area contributed by atoms with Crippen LogP contribution in [0.5, 0.6) is 0 Å². The molecule has 76 valence electrons. The largest absolute Gasteiger partial charge is 0.364 e. The zero-order valence-electron chi connectivity index (χ0n) is 8.50. The maximum Gasteiger partial charge on any atom is 0.0359 e. The van der Waals surface area contributed by atoms with E-state index in [0.717, 1.165) is 24.4 Å². The molecule has 2 unspecified atom stereocenters. The van der Waals surface area contributed by atoms with Gasteiger partial charge >= 0.3 is 0 Å². The van der Waals surface area contributed by atoms with Crippen LogP contribution >= 0.6 is 0 Å². The van der Waals surface area contributed by atoms with E-state index in [1.54, 1.807) is 0 Å². The number of aromatic amines is 1. The van der Waals surface area contributed by atoms with Crippen molar-refractivity contribution in [2.75, 3.05) is 0 Å². The Morgan fingerprint density at radius 3 is 2.71 bits per heavy atom. The molecule has 0 saturated heterocycles. The van der Waals surface area contributed by atoms with Crippen LogP contribution in [-0.4, -0.2) is 11.0 Å². The lowest BCUT2D eigenvalue weighted by molar-refractivity contribution is 0.480. The molecule has 1 aromatic rings. The van der Waals surface area contributed by atoms with Gasteiger partial charge in [0.2, 0.25) is 0 Å². The van der Waals surface area contributed by atoms with Crippen LogP contribution in [0, 0.1) is 11.8 Å². The van der Waals surface area contributed by atoms with Crippen LogP contribution < -0.4 is 5.32 Å². The Balaban J connectivity index is 1.50. The minimum atomic E-state index is 0.834. The van der Waals surface area contributed by atoms with Gasteiger partial charge < -0.3 is 10.3 Å². The van der Waals surface area contributed by atoms with Crippen LogP contribution in [0.4, 0.5) is 0 Å². The van der Waals surface area contributed by atoms with Crippen molar-refractivity contribution in [2.45, 2.75) is 38.3 Å². The third-order valence-corrected chi connectivity index (χ3v) is 3.85. The van der Waals surface area contributed by atoms with Gasteiger partial charge in [-0.3, -0.25) is 0 Å². The Labute approximate surface area is 85.1 Å². The Morgan fingerprint density at radius 2 is 2.07 bits per heavy atom. The monoisotopic (exact) mass is 190 g/mol. The molecule has 0 amide bonds. The highest BCUT2D eigenvalue weighted by Crippen LogP contribution is 2.49. The number of hydrogen-bond acceptors (Lipinski definition) is 1. The first kappa shape index (κ1) is 8.54. The van der Waals surface area contributed by atoms with E-state index in [0.29, 0.717) is 0 Å². The predicted octanol–water partition coefficient (Wildman–Crippen LogP) is 2.29. The van der Waals surface area contributed by atoms with Crippen LogP contribution in [0.2, 0.25) is 0 Å². The number of nitrogens with one attached hydrogen (secondary N) is 2. The standard InChI is InChI=1S/C12H18N2/c1-2-6-11-10(5-1)12(11)14-8-9-4-3-7-13-9/h3-4,7,10-14H,1-2,5-6,8H2. The Kier molecular flexibility index (Phi) is 2.09. The van der Waals surface area contributed by atoms with Crippen molar-refractivity contribution in [3.63, 3.8) is 0 Å². The second-order valence-corrected chi connectivity index (χ2v) is 4.71. The highest BCUT2D eigenvalue weighted by molar-refractivity contribution is 5.08. The number of hydrogen-bond donors (Lipinski definition) is 2. The minimum Gasteiger partial charge on any atom is -0.364 e. The number of fused-ring (bicyclic) bond motifs is 1. The summed E-state index contributed by atoms with van der Waals surface area (Å²) >= 11 is 0. The van der Waals surface area contributed by atoms with Crippen LogP contribution in [0.3, 0.4) is 0 Å². The van der Waals surface area contributed by atoms with Gasteiger partial charge in [0.25, 0.3) is 0 Å². The summed E-state index contributed by atoms with van der Waals surface area (Å²) in [5.41, 5.74) is 1.31. The lowest BCUT2D eigenvalue weighted by Crippen LogP contribution is -2.18. The van der Waals surface area contributed by atoms with Crippen molar-refractivity contribution in [3.8, 4) is 0 Å². The topological polar surface area (TPSA) is 27.8 Å². The van der Waals surface area contributed by atoms with Crippen molar-refractivity contribution in [3.05, 3.63) is 24.0 Å². The van der Waals surface area contributed by atoms with Gasteiger partial charge in [0.05, 0.1) is 0 Å². The van der Waals surface area contributed by atoms with Crippen molar-refractivity contribution in [1.82, 2.24) is 10.3 Å². The number of rotatable bonds is 3. The summed E-state index contributed by atoms with van der Waals surface area (Å²) < 4.78 is 0. The van der Waals surface area contributed by atoms with E-state index in [1.807, 2.05) is 6.20 Å². The first-order valence-corrected chi connectivity index (χ1v) is 5.81. The van der Waals surface area contributed by atoms with Crippen LogP contribution in [-0.2, 0) is 6.54 Å². The quantitative estimate of drug-likeness (QED) is 0.752. The van der Waals surface area contributed by atoms with Gasteiger partial charge in [0.15, 0.2) is 0 Å². The molecule has 2 atom stereocenters. The molecule has 2 N–H and O–H groups in total. The number of H-pyrrole nitrogens is 1. The van der Waals surface area contributed by atoms with E-state index in [1.165, 1.54) is 31.4 Å². The molecular weight excluding hydrogens is 172 g/mol. The Hall–Kier alpha value is -0.760. The summed E-state index contributed by atoms with van der Waals surface area (Å²) in [4.78, 5) is 3.24. The lowest BCUT2D eigenvalue weighted by atomic mass is 10.0. The third-order valence-electron chi connectivity index (χ3n) is 3.85. The molecule has 0 radical (unpaired) electrons. The Morgan fingerprint density at radius 1 is 1.29 bits per heavy atom. The summed E-state index contributed by atoms with van der Waals surface area (Å²) in [6.07, 6.45) is 7.85. The third kappa shape index (κ3) is 1.48. The first-order chi connectivity index (χ1) is 6.95. The fourth-order valence-electron chi connectivity index (χ4n) is 3.00. The van der Waals surface area contributed by atoms with Gasteiger partial charge in [-0.15, -0.1) is 0 Å². The molecule has 0 aliphatic heterocycles. The smallest absolute Gasteiger partial charge is 0.0359 e. The SMILES string of the molecule is c1c[nH]c(CNC2C3CCCCC32)c1. The molecule has 3 rings (SSSR count). The molecule has 0 spiro atoms. The number of aromatic nitrogens is 1. The molecule has 2 aliphatic carbocycles. The average molecular weight is 190 g/mol. The second kappa shape index (κ2) is 3.43. The van der Waals surface area contributed by atoms with E-state index in [2.05, 4.69) is 22.4 Å². The molecule has 2 fully saturated rings. The van der Waals surface area contributed by atoms with Gasteiger partial charge in [0, 0.05) is 24.5 Å². The molecule has 14 heavy (non-hydrogen) atoms. The van der Waals surface area contributed by atoms with Gasteiger partial charge in [0.1, 0.15) is 0 Å². The molecular formula is C12H18N2. The van der Waals surface area contributed by atoms with Crippen LogP contribution in [0.15, 0.2) is 18.3 Å². The van der Waals surface area contributed by atoms with Gasteiger partial charge in [-0.05, 0) is 36.8 Å². The lowest BCUT2D eigenvalue weighted by Gasteiger charge is -2.04. The Bertz CT molecular complexity index is 279. The highest BCUT2D eigenvalue weighted by Gasteiger charge is 2.49. The summed E-state index contributed by atoms with van der Waals surface area (Å²) in [6.45, 7) is 1.02. The maximum absolute atomic E-state index is 3.67. The molecule has 1 heterocycles. The summed E-state index contributed by atoms with van der Waals surface area (Å²) in [5, 5.41) is 3.67. The molecule has 0 bridgehead atoms. The predicted molar refractivity (Wildman–Crippen MR) is 56.9 cm³/mol. The normalized spacial score (nSPS) is 35.3.